The van der Waals surface area contributed by atoms with Crippen LogP contribution in [0.15, 0.2) is 24.0 Å². The Morgan fingerprint density at radius 3 is 2.89 bits per heavy atom. The number of esters is 1. The zero-order valence-electron chi connectivity index (χ0n) is 20.2. The summed E-state index contributed by atoms with van der Waals surface area (Å²) < 4.78 is 23.4. The molecule has 2 heterocycles. The van der Waals surface area contributed by atoms with Gasteiger partial charge in [0.15, 0.2) is 17.6 Å². The fraction of sp³-hybridized carbons (Fsp3) is 0.630. The van der Waals surface area contributed by atoms with Crippen molar-refractivity contribution in [2.75, 3.05) is 27.3 Å². The van der Waals surface area contributed by atoms with Crippen LogP contribution in [-0.4, -0.2) is 56.4 Å². The molecule has 7 atom stereocenters. The number of carbonyl (C=O) groups excluding carboxylic acids is 2. The Labute approximate surface area is 204 Å². The number of methoxy groups -OCH3 is 2. The Bertz CT molecular complexity index is 1160. The highest BCUT2D eigenvalue weighted by molar-refractivity contribution is 5.74. The van der Waals surface area contributed by atoms with Crippen molar-refractivity contribution in [2.45, 2.75) is 56.1 Å². The topological polar surface area (TPSA) is 100 Å². The van der Waals surface area contributed by atoms with Crippen LogP contribution in [0, 0.1) is 23.2 Å². The lowest BCUT2D eigenvalue weighted by Gasteiger charge is -2.44. The summed E-state index contributed by atoms with van der Waals surface area (Å²) >= 11 is 0. The van der Waals surface area contributed by atoms with Gasteiger partial charge >= 0.3 is 12.1 Å². The maximum Gasteiger partial charge on any atom is 0.415 e. The maximum atomic E-state index is 13.4. The van der Waals surface area contributed by atoms with Gasteiger partial charge in [0.05, 0.1) is 20.1 Å². The van der Waals surface area contributed by atoms with Crippen molar-refractivity contribution in [1.29, 1.82) is 0 Å². The minimum atomic E-state index is -0.412. The van der Waals surface area contributed by atoms with Crippen LogP contribution in [0.3, 0.4) is 0 Å². The molecule has 2 bridgehead atoms. The Hall–Kier alpha value is -2.74. The molecule has 1 aromatic carbocycles. The minimum Gasteiger partial charge on any atom is -0.493 e. The van der Waals surface area contributed by atoms with E-state index in [0.717, 1.165) is 30.8 Å². The molecular weight excluding hydrogens is 448 g/mol. The number of ether oxygens (including phenoxy) is 4. The van der Waals surface area contributed by atoms with Gasteiger partial charge in [0.2, 0.25) is 0 Å². The van der Waals surface area contributed by atoms with Crippen molar-refractivity contribution >= 4 is 12.1 Å². The molecule has 3 unspecified atom stereocenters. The number of allylic oxidation sites excluding steroid dienone is 1. The lowest BCUT2D eigenvalue weighted by molar-refractivity contribution is -0.147. The van der Waals surface area contributed by atoms with Gasteiger partial charge in [-0.2, -0.15) is 0 Å². The molecule has 4 aliphatic carbocycles. The predicted octanol–water partition coefficient (Wildman–Crippen LogP) is 2.91. The highest BCUT2D eigenvalue weighted by Crippen LogP contribution is 2.81. The second-order valence-corrected chi connectivity index (χ2v) is 11.3. The first-order valence-electron chi connectivity index (χ1n) is 12.8. The van der Waals surface area contributed by atoms with Crippen molar-refractivity contribution in [2.24, 2.45) is 28.9 Å². The van der Waals surface area contributed by atoms with E-state index in [1.807, 2.05) is 6.07 Å². The number of hydrogen-bond acceptors (Lipinski definition) is 7. The zero-order chi connectivity index (χ0) is 24.1. The van der Waals surface area contributed by atoms with Crippen molar-refractivity contribution < 1.29 is 28.5 Å². The van der Waals surface area contributed by atoms with Crippen LogP contribution >= 0.6 is 0 Å². The Balaban J connectivity index is 1.18. The van der Waals surface area contributed by atoms with Gasteiger partial charge in [0.25, 0.3) is 0 Å². The largest absolute Gasteiger partial charge is 0.493 e. The number of rotatable bonds is 4. The van der Waals surface area contributed by atoms with Gasteiger partial charge < -0.3 is 29.6 Å². The maximum absolute atomic E-state index is 13.4. The molecule has 6 aliphatic rings. The van der Waals surface area contributed by atoms with E-state index < -0.39 is 6.09 Å². The van der Waals surface area contributed by atoms with Gasteiger partial charge in [0.1, 0.15) is 5.76 Å². The van der Waals surface area contributed by atoms with Crippen LogP contribution in [0.5, 0.6) is 11.5 Å². The first kappa shape index (κ1) is 21.5. The van der Waals surface area contributed by atoms with Gasteiger partial charge in [-0.3, -0.25) is 4.79 Å². The molecule has 1 saturated heterocycles. The van der Waals surface area contributed by atoms with Crippen LogP contribution in [0.1, 0.15) is 43.2 Å². The number of hydrogen-bond donors (Lipinski definition) is 1. The molecule has 2 spiro atoms. The van der Waals surface area contributed by atoms with Crippen molar-refractivity contribution in [3.8, 4) is 11.5 Å². The summed E-state index contributed by atoms with van der Waals surface area (Å²) in [6.07, 6.45) is 6.79. The van der Waals surface area contributed by atoms with E-state index >= 15 is 0 Å². The predicted molar refractivity (Wildman–Crippen MR) is 125 cm³/mol. The SMILES string of the molecule is COC(=O)C1CCN(C(=O)OC2=CC[C@H]3[C@@H]4CC45Cc4ccc(OC)c6c4[C@@]3(C5)[C@H]2O6)C(CN)C1. The normalized spacial score (nSPS) is 39.1. The number of amides is 1. The molecule has 2 saturated carbocycles. The summed E-state index contributed by atoms with van der Waals surface area (Å²) in [6.45, 7) is 0.681. The quantitative estimate of drug-likeness (QED) is 0.662. The zero-order valence-corrected chi connectivity index (χ0v) is 20.2. The molecule has 2 aliphatic heterocycles. The third-order valence-corrected chi connectivity index (χ3v) is 9.98. The first-order valence-corrected chi connectivity index (χ1v) is 12.8. The van der Waals surface area contributed by atoms with E-state index in [0.29, 0.717) is 42.4 Å². The minimum absolute atomic E-state index is 0.143. The van der Waals surface area contributed by atoms with Crippen LogP contribution < -0.4 is 15.2 Å². The number of nitrogens with zero attached hydrogens (tertiary/aromatic N) is 1. The number of fused-ring (bicyclic) bond motifs is 1. The third-order valence-electron chi connectivity index (χ3n) is 9.98. The lowest BCUT2D eigenvalue weighted by atomic mass is 9.59. The smallest absolute Gasteiger partial charge is 0.415 e. The fourth-order valence-electron chi connectivity index (χ4n) is 8.51. The summed E-state index contributed by atoms with van der Waals surface area (Å²) in [5, 5.41) is 0. The Morgan fingerprint density at radius 2 is 2.11 bits per heavy atom. The molecule has 8 nitrogen and oxygen atoms in total. The molecule has 186 valence electrons. The number of piperidine rings is 1. The molecule has 1 amide bonds. The van der Waals surface area contributed by atoms with Crippen molar-refractivity contribution in [1.82, 2.24) is 4.90 Å². The Morgan fingerprint density at radius 1 is 1.26 bits per heavy atom. The monoisotopic (exact) mass is 480 g/mol. The Kier molecular flexibility index (Phi) is 4.40. The molecule has 2 N–H and O–H groups in total. The van der Waals surface area contributed by atoms with Crippen LogP contribution in [0.2, 0.25) is 0 Å². The summed E-state index contributed by atoms with van der Waals surface area (Å²) in [5.41, 5.74) is 8.91. The second kappa shape index (κ2) is 7.15. The van der Waals surface area contributed by atoms with Gasteiger partial charge in [0, 0.05) is 30.1 Å². The summed E-state index contributed by atoms with van der Waals surface area (Å²) in [5.74, 6) is 2.93. The highest BCUT2D eigenvalue weighted by atomic mass is 16.6. The lowest BCUT2D eigenvalue weighted by Crippen LogP contribution is -2.53. The van der Waals surface area contributed by atoms with E-state index in [-0.39, 0.29) is 36.0 Å². The van der Waals surface area contributed by atoms with E-state index in [4.69, 9.17) is 24.7 Å². The van der Waals surface area contributed by atoms with E-state index in [2.05, 4.69) is 12.1 Å². The van der Waals surface area contributed by atoms with E-state index in [9.17, 15) is 9.59 Å². The highest BCUT2D eigenvalue weighted by Gasteiger charge is 2.78. The summed E-state index contributed by atoms with van der Waals surface area (Å²) in [7, 11) is 3.07. The van der Waals surface area contributed by atoms with Gasteiger partial charge in [-0.15, -0.1) is 0 Å². The van der Waals surface area contributed by atoms with Gasteiger partial charge in [-0.25, -0.2) is 4.79 Å². The summed E-state index contributed by atoms with van der Waals surface area (Å²) in [6, 6.07) is 3.97. The first-order chi connectivity index (χ1) is 17.0. The molecule has 35 heavy (non-hydrogen) atoms. The number of carbonyl (C=O) groups is 2. The molecule has 8 heteroatoms. The average Bonchev–Trinajstić information content (AvgIpc) is 3.33. The van der Waals surface area contributed by atoms with Crippen LogP contribution in [-0.2, 0) is 26.1 Å². The molecule has 0 radical (unpaired) electrons. The number of nitrogens with two attached hydrogens (primary N) is 1. The molecule has 1 aromatic rings. The fourth-order valence-corrected chi connectivity index (χ4v) is 8.51. The van der Waals surface area contributed by atoms with E-state index in [1.165, 1.54) is 24.7 Å². The molecule has 0 aromatic heterocycles. The van der Waals surface area contributed by atoms with Crippen molar-refractivity contribution in [3.63, 3.8) is 0 Å². The second-order valence-electron chi connectivity index (χ2n) is 11.3. The van der Waals surface area contributed by atoms with Crippen molar-refractivity contribution in [3.05, 3.63) is 35.1 Å². The van der Waals surface area contributed by atoms with Crippen LogP contribution in [0.25, 0.3) is 0 Å². The molecule has 3 fully saturated rings. The summed E-state index contributed by atoms with van der Waals surface area (Å²) in [4.78, 5) is 27.1. The van der Waals surface area contributed by atoms with Gasteiger partial charge in [-0.1, -0.05) is 6.07 Å². The van der Waals surface area contributed by atoms with Crippen LogP contribution in [0.4, 0.5) is 4.79 Å². The molecular formula is C27H32N2O6. The van der Waals surface area contributed by atoms with E-state index in [1.54, 1.807) is 12.0 Å². The molecule has 7 rings (SSSR count). The average molecular weight is 481 g/mol. The number of likely N-dealkylation sites (tertiary alicyclic amines) is 1. The number of benzene rings is 1. The standard InChI is InChI=1S/C27H32N2O6/c1-32-19-5-3-15-10-26-11-18(26)17-4-6-20(23-27(17,13-26)21(15)22(19)35-23)34-25(31)29-8-7-14(24(30)33-2)9-16(29)12-28/h3,5-6,14,16-18,23H,4,7-13,28H2,1-2H3/t14?,16?,17-,18-,23-,26?,27-/m0/s1. The third kappa shape index (κ3) is 2.66. The van der Waals surface area contributed by atoms with Gasteiger partial charge in [-0.05, 0) is 73.5 Å².